The van der Waals surface area contributed by atoms with Crippen molar-refractivity contribution in [1.82, 2.24) is 20.2 Å². The molecule has 0 aromatic carbocycles. The Morgan fingerprint density at radius 3 is 2.52 bits per heavy atom. The van der Waals surface area contributed by atoms with E-state index < -0.39 is 0 Å². The van der Waals surface area contributed by atoms with Crippen molar-refractivity contribution in [3.05, 3.63) is 28.3 Å². The predicted octanol–water partition coefficient (Wildman–Crippen LogP) is 3.36. The molecule has 0 saturated carbocycles. The number of likely N-dealkylation sites (tertiary alicyclic amines) is 1. The number of rotatable bonds is 2. The Morgan fingerprint density at radius 2 is 1.92 bits per heavy atom. The van der Waals surface area contributed by atoms with Gasteiger partial charge in [-0.1, -0.05) is 0 Å². The van der Waals surface area contributed by atoms with Crippen molar-refractivity contribution in [3.8, 4) is 11.3 Å². The Labute approximate surface area is 164 Å². The first-order chi connectivity index (χ1) is 11.2. The van der Waals surface area contributed by atoms with Crippen molar-refractivity contribution < 1.29 is 4.79 Å². The van der Waals surface area contributed by atoms with E-state index in [0.717, 1.165) is 67.1 Å². The summed E-state index contributed by atoms with van der Waals surface area (Å²) in [5.74, 6) is 1.60. The van der Waals surface area contributed by atoms with E-state index in [1.54, 1.807) is 11.3 Å². The maximum atomic E-state index is 12.8. The van der Waals surface area contributed by atoms with Gasteiger partial charge in [-0.2, -0.15) is 0 Å². The van der Waals surface area contributed by atoms with Crippen LogP contribution < -0.4 is 5.32 Å². The minimum Gasteiger partial charge on any atom is -0.357 e. The van der Waals surface area contributed by atoms with Gasteiger partial charge in [-0.25, -0.2) is 4.98 Å². The molecule has 5 nitrogen and oxygen atoms in total. The third-order valence-corrected chi connectivity index (χ3v) is 5.91. The molecule has 4 rings (SSSR count). The van der Waals surface area contributed by atoms with Crippen LogP contribution in [-0.2, 0) is 0 Å². The van der Waals surface area contributed by atoms with Crippen LogP contribution in [0.1, 0.15) is 28.3 Å². The number of fused-ring (bicyclic) bond motifs is 1. The molecular formula is C17H24Cl2N4OS. The lowest BCUT2D eigenvalue weighted by molar-refractivity contribution is 0.0753. The number of halogens is 2. The molecule has 0 unspecified atom stereocenters. The first kappa shape index (κ1) is 20.2. The molecule has 138 valence electrons. The second-order valence-corrected chi connectivity index (χ2v) is 7.66. The number of H-pyrrole nitrogens is 1. The zero-order valence-electron chi connectivity index (χ0n) is 14.2. The smallest absolute Gasteiger partial charge is 0.270 e. The maximum absolute atomic E-state index is 12.8. The summed E-state index contributed by atoms with van der Waals surface area (Å²) in [6.07, 6.45) is 4.11. The van der Waals surface area contributed by atoms with Gasteiger partial charge in [0.1, 0.15) is 5.69 Å². The van der Waals surface area contributed by atoms with E-state index in [1.165, 1.54) is 0 Å². The molecule has 0 radical (unpaired) electrons. The van der Waals surface area contributed by atoms with Crippen molar-refractivity contribution in [1.29, 1.82) is 0 Å². The van der Waals surface area contributed by atoms with Gasteiger partial charge in [0, 0.05) is 30.2 Å². The van der Waals surface area contributed by atoms with Gasteiger partial charge in [-0.15, -0.1) is 36.2 Å². The number of aryl methyl sites for hydroxylation is 1. The molecule has 2 saturated heterocycles. The summed E-state index contributed by atoms with van der Waals surface area (Å²) in [5, 5.41) is 6.55. The molecule has 2 aromatic heterocycles. The molecule has 2 fully saturated rings. The van der Waals surface area contributed by atoms with Crippen LogP contribution in [0, 0.1) is 18.8 Å². The molecule has 8 heteroatoms. The van der Waals surface area contributed by atoms with E-state index in [2.05, 4.69) is 15.3 Å². The minimum absolute atomic E-state index is 0. The molecule has 2 atom stereocenters. The highest BCUT2D eigenvalue weighted by molar-refractivity contribution is 7.09. The van der Waals surface area contributed by atoms with E-state index in [9.17, 15) is 4.79 Å². The third kappa shape index (κ3) is 4.19. The quantitative estimate of drug-likeness (QED) is 0.809. The van der Waals surface area contributed by atoms with Gasteiger partial charge in [-0.05, 0) is 50.8 Å². The largest absolute Gasteiger partial charge is 0.357 e. The summed E-state index contributed by atoms with van der Waals surface area (Å²) in [4.78, 5) is 22.4. The first-order valence-corrected chi connectivity index (χ1v) is 9.19. The minimum atomic E-state index is 0. The second kappa shape index (κ2) is 8.54. The molecule has 2 aromatic rings. The predicted molar refractivity (Wildman–Crippen MR) is 106 cm³/mol. The number of nitrogens with one attached hydrogen (secondary N) is 2. The van der Waals surface area contributed by atoms with Crippen molar-refractivity contribution >= 4 is 42.1 Å². The molecule has 1 amide bonds. The molecule has 25 heavy (non-hydrogen) atoms. The lowest BCUT2D eigenvalue weighted by Gasteiger charge is -2.20. The number of nitrogens with zero attached hydrogens (tertiary/aromatic N) is 2. The summed E-state index contributed by atoms with van der Waals surface area (Å²) >= 11 is 1.63. The van der Waals surface area contributed by atoms with E-state index in [-0.39, 0.29) is 30.7 Å². The van der Waals surface area contributed by atoms with Gasteiger partial charge in [-0.3, -0.25) is 4.79 Å². The fourth-order valence-corrected chi connectivity index (χ4v) is 4.38. The lowest BCUT2D eigenvalue weighted by atomic mass is 9.92. The van der Waals surface area contributed by atoms with Crippen LogP contribution >= 0.6 is 36.2 Å². The molecular weight excluding hydrogens is 379 g/mol. The summed E-state index contributed by atoms with van der Waals surface area (Å²) in [7, 11) is 0. The summed E-state index contributed by atoms with van der Waals surface area (Å²) in [6.45, 7) is 5.96. The summed E-state index contributed by atoms with van der Waals surface area (Å²) in [6, 6.07) is 1.93. The Morgan fingerprint density at radius 1 is 1.24 bits per heavy atom. The normalized spacial score (nSPS) is 22.5. The zero-order chi connectivity index (χ0) is 15.8. The van der Waals surface area contributed by atoms with E-state index in [1.807, 2.05) is 29.5 Å². The van der Waals surface area contributed by atoms with Gasteiger partial charge < -0.3 is 15.2 Å². The van der Waals surface area contributed by atoms with Crippen LogP contribution in [0.25, 0.3) is 11.3 Å². The summed E-state index contributed by atoms with van der Waals surface area (Å²) in [5.41, 5.74) is 2.61. The van der Waals surface area contributed by atoms with Crippen LogP contribution in [0.2, 0.25) is 0 Å². The van der Waals surface area contributed by atoms with Gasteiger partial charge in [0.05, 0.1) is 10.7 Å². The van der Waals surface area contributed by atoms with Gasteiger partial charge in [0.2, 0.25) is 0 Å². The van der Waals surface area contributed by atoms with E-state index in [0.29, 0.717) is 5.69 Å². The molecule has 0 bridgehead atoms. The fraction of sp³-hybridized carbons (Fsp3) is 0.529. The van der Waals surface area contributed by atoms with Crippen molar-refractivity contribution in [2.45, 2.75) is 19.8 Å². The van der Waals surface area contributed by atoms with Crippen LogP contribution in [0.15, 0.2) is 17.6 Å². The average molecular weight is 403 g/mol. The van der Waals surface area contributed by atoms with E-state index >= 15 is 0 Å². The van der Waals surface area contributed by atoms with Crippen molar-refractivity contribution in [2.75, 3.05) is 26.2 Å². The third-order valence-electron chi connectivity index (χ3n) is 5.13. The van der Waals surface area contributed by atoms with Crippen LogP contribution in [0.3, 0.4) is 0 Å². The van der Waals surface area contributed by atoms with Crippen molar-refractivity contribution in [3.63, 3.8) is 0 Å². The Balaban J connectivity index is 0.00000113. The molecule has 4 heterocycles. The number of aromatic amines is 1. The van der Waals surface area contributed by atoms with E-state index in [4.69, 9.17) is 0 Å². The number of thiazole rings is 1. The monoisotopic (exact) mass is 402 g/mol. The van der Waals surface area contributed by atoms with Crippen LogP contribution in [-0.4, -0.2) is 47.0 Å². The van der Waals surface area contributed by atoms with Crippen LogP contribution in [0.5, 0.6) is 0 Å². The highest BCUT2D eigenvalue weighted by atomic mass is 35.5. The van der Waals surface area contributed by atoms with Crippen LogP contribution in [0.4, 0.5) is 0 Å². The second-order valence-electron chi connectivity index (χ2n) is 6.60. The number of amides is 1. The zero-order valence-corrected chi connectivity index (χ0v) is 16.6. The number of carbonyl (C=O) groups excluding carboxylic acids is 1. The Hall–Kier alpha value is -1.08. The molecule has 2 N–H and O–H groups in total. The first-order valence-electron chi connectivity index (χ1n) is 8.31. The highest BCUT2D eigenvalue weighted by Gasteiger charge is 2.31. The standard InChI is InChI=1S/C17H22N4OS.2ClH/c1-11-20-16(10-23-11)14-6-15(19-9-14)17(22)21-4-2-12-7-18-8-13(12)3-5-21;;/h6,9-10,12-13,18-19H,2-5,7-8H2,1H3;2*1H/t12-,13+;;. The molecule has 2 aliphatic heterocycles. The molecule has 2 aliphatic rings. The highest BCUT2D eigenvalue weighted by Crippen LogP contribution is 2.28. The van der Waals surface area contributed by atoms with Gasteiger partial charge in [0.25, 0.3) is 5.91 Å². The molecule has 0 spiro atoms. The van der Waals surface area contributed by atoms with Gasteiger partial charge in [0.15, 0.2) is 0 Å². The molecule has 0 aliphatic carbocycles. The Bertz CT molecular complexity index is 703. The number of hydrogen-bond donors (Lipinski definition) is 2. The lowest BCUT2D eigenvalue weighted by Crippen LogP contribution is -2.32. The number of aromatic nitrogens is 2. The Kier molecular flexibility index (Phi) is 6.91. The number of hydrogen-bond acceptors (Lipinski definition) is 4. The van der Waals surface area contributed by atoms with Crippen molar-refractivity contribution in [2.24, 2.45) is 11.8 Å². The van der Waals surface area contributed by atoms with Gasteiger partial charge >= 0.3 is 0 Å². The maximum Gasteiger partial charge on any atom is 0.270 e. The fourth-order valence-electron chi connectivity index (χ4n) is 3.75. The topological polar surface area (TPSA) is 61.0 Å². The average Bonchev–Trinajstić information content (AvgIpc) is 3.26. The SMILES string of the molecule is Cc1nc(-c2c[nH]c(C(=O)N3CC[C@@H]4CNC[C@@H]4CC3)c2)cs1.Cl.Cl. The summed E-state index contributed by atoms with van der Waals surface area (Å²) < 4.78 is 0. The number of carbonyl (C=O) groups is 1.